The van der Waals surface area contributed by atoms with Gasteiger partial charge in [-0.1, -0.05) is 28.1 Å². The van der Waals surface area contributed by atoms with Crippen molar-refractivity contribution in [2.24, 2.45) is 5.73 Å². The van der Waals surface area contributed by atoms with Crippen LogP contribution < -0.4 is 5.73 Å². The maximum atomic E-state index is 11.3. The molecule has 0 aliphatic rings. The molecule has 5 heteroatoms. The van der Waals surface area contributed by atoms with Crippen LogP contribution in [0.4, 0.5) is 0 Å². The summed E-state index contributed by atoms with van der Waals surface area (Å²) in [5.74, 6) is 0. The van der Waals surface area contributed by atoms with Gasteiger partial charge in [0.25, 0.3) is 0 Å². The molecule has 0 radical (unpaired) electrons. The molecule has 3 nitrogen and oxygen atoms in total. The molecule has 0 atom stereocenters. The summed E-state index contributed by atoms with van der Waals surface area (Å²) < 4.78 is 23.4. The second-order valence-corrected chi connectivity index (χ2v) is 6.06. The second-order valence-electron chi connectivity index (χ2n) is 3.13. The zero-order chi connectivity index (χ0) is 11.5. The SMILES string of the molecule is CS(=O)(=O)c1cc(Br)cc(/C=C/CN)c1. The quantitative estimate of drug-likeness (QED) is 0.923. The molecule has 0 spiro atoms. The lowest BCUT2D eigenvalue weighted by molar-refractivity contribution is 0.602. The van der Waals surface area contributed by atoms with Gasteiger partial charge in [-0.25, -0.2) is 8.42 Å². The third kappa shape index (κ3) is 3.77. The number of halogens is 1. The second kappa shape index (κ2) is 4.92. The highest BCUT2D eigenvalue weighted by Crippen LogP contribution is 2.20. The largest absolute Gasteiger partial charge is 0.327 e. The lowest BCUT2D eigenvalue weighted by Gasteiger charge is -2.01. The molecule has 82 valence electrons. The molecule has 0 fully saturated rings. The van der Waals surface area contributed by atoms with Crippen LogP contribution in [0, 0.1) is 0 Å². The highest BCUT2D eigenvalue weighted by Gasteiger charge is 2.08. The van der Waals surface area contributed by atoms with Crippen molar-refractivity contribution < 1.29 is 8.42 Å². The molecular formula is C10H12BrNO2S. The van der Waals surface area contributed by atoms with E-state index in [1.54, 1.807) is 24.3 Å². The van der Waals surface area contributed by atoms with E-state index in [2.05, 4.69) is 15.9 Å². The first-order chi connectivity index (χ1) is 6.93. The third-order valence-electron chi connectivity index (χ3n) is 1.77. The minimum Gasteiger partial charge on any atom is -0.327 e. The molecule has 0 aromatic heterocycles. The molecule has 0 heterocycles. The molecule has 0 saturated carbocycles. The molecule has 15 heavy (non-hydrogen) atoms. The summed E-state index contributed by atoms with van der Waals surface area (Å²) in [4.78, 5) is 0.300. The normalized spacial score (nSPS) is 12.2. The first-order valence-electron chi connectivity index (χ1n) is 4.31. The first kappa shape index (κ1) is 12.4. The fraction of sp³-hybridized carbons (Fsp3) is 0.200. The lowest BCUT2D eigenvalue weighted by atomic mass is 10.2. The van der Waals surface area contributed by atoms with Crippen LogP contribution in [-0.4, -0.2) is 21.2 Å². The molecule has 0 aliphatic heterocycles. The predicted octanol–water partition coefficient (Wildman–Crippen LogP) is 1.82. The van der Waals surface area contributed by atoms with Crippen LogP contribution >= 0.6 is 15.9 Å². The smallest absolute Gasteiger partial charge is 0.175 e. The number of hydrogen-bond acceptors (Lipinski definition) is 3. The first-order valence-corrected chi connectivity index (χ1v) is 6.99. The van der Waals surface area contributed by atoms with E-state index >= 15 is 0 Å². The van der Waals surface area contributed by atoms with Gasteiger partial charge in [0.1, 0.15) is 0 Å². The van der Waals surface area contributed by atoms with Crippen molar-refractivity contribution in [1.82, 2.24) is 0 Å². The van der Waals surface area contributed by atoms with Crippen molar-refractivity contribution in [3.05, 3.63) is 34.3 Å². The topological polar surface area (TPSA) is 60.2 Å². The van der Waals surface area contributed by atoms with E-state index in [1.807, 2.05) is 6.07 Å². The molecular weight excluding hydrogens is 278 g/mol. The van der Waals surface area contributed by atoms with Gasteiger partial charge in [-0.15, -0.1) is 0 Å². The lowest BCUT2D eigenvalue weighted by Crippen LogP contribution is -1.97. The van der Waals surface area contributed by atoms with Gasteiger partial charge in [0.15, 0.2) is 9.84 Å². The fourth-order valence-electron chi connectivity index (χ4n) is 1.10. The third-order valence-corrected chi connectivity index (χ3v) is 3.32. The Hall–Kier alpha value is -0.650. The Morgan fingerprint density at radius 2 is 2.07 bits per heavy atom. The van der Waals surface area contributed by atoms with E-state index in [0.717, 1.165) is 10.0 Å². The van der Waals surface area contributed by atoms with Gasteiger partial charge in [-0.05, 0) is 23.8 Å². The Bertz CT molecular complexity index is 480. The van der Waals surface area contributed by atoms with Gasteiger partial charge >= 0.3 is 0 Å². The maximum Gasteiger partial charge on any atom is 0.175 e. The van der Waals surface area contributed by atoms with Crippen LogP contribution in [0.15, 0.2) is 33.6 Å². The van der Waals surface area contributed by atoms with E-state index < -0.39 is 9.84 Å². The Balaban J connectivity index is 3.23. The molecule has 1 aromatic rings. The van der Waals surface area contributed by atoms with E-state index in [1.165, 1.54) is 6.26 Å². The Kier molecular flexibility index (Phi) is 4.07. The molecule has 1 aromatic carbocycles. The maximum absolute atomic E-state index is 11.3. The molecule has 2 N–H and O–H groups in total. The monoisotopic (exact) mass is 289 g/mol. The van der Waals surface area contributed by atoms with Crippen molar-refractivity contribution in [1.29, 1.82) is 0 Å². The van der Waals surface area contributed by atoms with Crippen LogP contribution in [-0.2, 0) is 9.84 Å². The van der Waals surface area contributed by atoms with Crippen LogP contribution in [0.5, 0.6) is 0 Å². The van der Waals surface area contributed by atoms with E-state index in [-0.39, 0.29) is 0 Å². The van der Waals surface area contributed by atoms with Crippen molar-refractivity contribution in [2.75, 3.05) is 12.8 Å². The van der Waals surface area contributed by atoms with Gasteiger partial charge in [0.05, 0.1) is 4.90 Å². The van der Waals surface area contributed by atoms with Gasteiger partial charge in [0.2, 0.25) is 0 Å². The van der Waals surface area contributed by atoms with Crippen molar-refractivity contribution in [3.8, 4) is 0 Å². The molecule has 1 rings (SSSR count). The molecule has 0 aliphatic carbocycles. The van der Waals surface area contributed by atoms with Gasteiger partial charge in [-0.3, -0.25) is 0 Å². The van der Waals surface area contributed by atoms with Crippen molar-refractivity contribution in [2.45, 2.75) is 4.90 Å². The number of nitrogens with two attached hydrogens (primary N) is 1. The van der Waals surface area contributed by atoms with Crippen LogP contribution in [0.2, 0.25) is 0 Å². The van der Waals surface area contributed by atoms with Gasteiger partial charge in [-0.2, -0.15) is 0 Å². The zero-order valence-electron chi connectivity index (χ0n) is 8.27. The highest BCUT2D eigenvalue weighted by molar-refractivity contribution is 9.10. The van der Waals surface area contributed by atoms with Crippen molar-refractivity contribution in [3.63, 3.8) is 0 Å². The van der Waals surface area contributed by atoms with E-state index in [9.17, 15) is 8.42 Å². The summed E-state index contributed by atoms with van der Waals surface area (Å²) in [5.41, 5.74) is 6.14. The van der Waals surface area contributed by atoms with Gasteiger partial charge < -0.3 is 5.73 Å². The highest BCUT2D eigenvalue weighted by atomic mass is 79.9. The van der Waals surface area contributed by atoms with E-state index in [0.29, 0.717) is 11.4 Å². The summed E-state index contributed by atoms with van der Waals surface area (Å²) in [6.45, 7) is 0.431. The molecule has 0 unspecified atom stereocenters. The van der Waals surface area contributed by atoms with Gasteiger partial charge in [0, 0.05) is 17.3 Å². The Labute approximate surface area is 98.0 Å². The minimum absolute atomic E-state index is 0.300. The minimum atomic E-state index is -3.17. The standard InChI is InChI=1S/C10H12BrNO2S/c1-15(13,14)10-6-8(3-2-4-12)5-9(11)7-10/h2-3,5-7H,4,12H2,1H3/b3-2+. The number of sulfone groups is 1. The van der Waals surface area contributed by atoms with Crippen LogP contribution in [0.25, 0.3) is 6.08 Å². The zero-order valence-corrected chi connectivity index (χ0v) is 10.7. The number of hydrogen-bond donors (Lipinski definition) is 1. The summed E-state index contributed by atoms with van der Waals surface area (Å²) in [7, 11) is -3.17. The molecule has 0 bridgehead atoms. The summed E-state index contributed by atoms with van der Waals surface area (Å²) in [5, 5.41) is 0. The summed E-state index contributed by atoms with van der Waals surface area (Å²) in [6, 6.07) is 5.03. The van der Waals surface area contributed by atoms with E-state index in [4.69, 9.17) is 5.73 Å². The molecule has 0 saturated heterocycles. The summed E-state index contributed by atoms with van der Waals surface area (Å²) >= 11 is 3.27. The average Bonchev–Trinajstić information content (AvgIpc) is 2.12. The number of rotatable bonds is 3. The Morgan fingerprint density at radius 1 is 1.40 bits per heavy atom. The molecule has 0 amide bonds. The predicted molar refractivity (Wildman–Crippen MR) is 65.3 cm³/mol. The Morgan fingerprint density at radius 3 is 2.60 bits per heavy atom. The van der Waals surface area contributed by atoms with Crippen molar-refractivity contribution >= 4 is 31.8 Å². The van der Waals surface area contributed by atoms with Crippen LogP contribution in [0.3, 0.4) is 0 Å². The summed E-state index contributed by atoms with van der Waals surface area (Å²) in [6.07, 6.45) is 4.75. The van der Waals surface area contributed by atoms with Crippen LogP contribution in [0.1, 0.15) is 5.56 Å². The number of benzene rings is 1. The average molecular weight is 290 g/mol. The fourth-order valence-corrected chi connectivity index (χ4v) is 2.45.